The van der Waals surface area contributed by atoms with E-state index in [2.05, 4.69) is 4.74 Å². The molecule has 1 aliphatic heterocycles. The molecule has 1 fully saturated rings. The van der Waals surface area contributed by atoms with Crippen LogP contribution in [-0.2, 0) is 14.0 Å². The van der Waals surface area contributed by atoms with Crippen LogP contribution in [0.4, 0.5) is 8.78 Å². The van der Waals surface area contributed by atoms with Gasteiger partial charge < -0.3 is 29.3 Å². The van der Waals surface area contributed by atoms with E-state index in [1.54, 1.807) is 20.8 Å². The third-order valence-electron chi connectivity index (χ3n) is 3.75. The molecule has 0 spiro atoms. The van der Waals surface area contributed by atoms with E-state index in [9.17, 15) is 8.78 Å². The number of rotatable bonds is 6. The van der Waals surface area contributed by atoms with Crippen molar-refractivity contribution in [2.75, 3.05) is 13.9 Å². The second-order valence-electron chi connectivity index (χ2n) is 5.81. The molecule has 23 heavy (non-hydrogen) atoms. The van der Waals surface area contributed by atoms with E-state index in [0.717, 1.165) is 0 Å². The first-order valence-corrected chi connectivity index (χ1v) is 7.01. The molecule has 1 saturated heterocycles. The quantitative estimate of drug-likeness (QED) is 0.629. The summed E-state index contributed by atoms with van der Waals surface area (Å²) < 4.78 is 50.9. The summed E-state index contributed by atoms with van der Waals surface area (Å²) in [5, 5.41) is 0. The number of ether oxygens (including phenoxy) is 3. The molecule has 0 saturated carbocycles. The maximum Gasteiger partial charge on any atom is 0.499 e. The Bertz CT molecular complexity index is 540. The second kappa shape index (κ2) is 6.60. The van der Waals surface area contributed by atoms with Gasteiger partial charge in [-0.3, -0.25) is 0 Å². The molecule has 0 amide bonds. The van der Waals surface area contributed by atoms with E-state index < -0.39 is 25.1 Å². The van der Waals surface area contributed by atoms with E-state index in [1.165, 1.54) is 25.3 Å². The topological polar surface area (TPSA) is 72.2 Å². The third-order valence-corrected chi connectivity index (χ3v) is 3.75. The van der Waals surface area contributed by atoms with Gasteiger partial charge in [0.05, 0.1) is 5.60 Å². The predicted molar refractivity (Wildman–Crippen MR) is 79.8 cm³/mol. The van der Waals surface area contributed by atoms with Crippen LogP contribution < -0.4 is 20.7 Å². The molecule has 2 N–H and O–H groups in total. The summed E-state index contributed by atoms with van der Waals surface area (Å²) in [5.41, 5.74) is 4.84. The first kappa shape index (κ1) is 17.9. The van der Waals surface area contributed by atoms with Crippen molar-refractivity contribution in [3.8, 4) is 11.5 Å². The van der Waals surface area contributed by atoms with Crippen LogP contribution in [-0.4, -0.2) is 39.0 Å². The molecule has 0 aromatic heterocycles. The Hall–Kier alpha value is -1.42. The molecule has 1 atom stereocenters. The van der Waals surface area contributed by atoms with E-state index in [-0.39, 0.29) is 18.3 Å². The molecule has 0 bridgehead atoms. The van der Waals surface area contributed by atoms with Gasteiger partial charge in [0, 0.05) is 18.6 Å². The number of nitrogens with two attached hydrogens (primary N) is 1. The predicted octanol–water partition coefficient (Wildman–Crippen LogP) is 1.47. The Morgan fingerprint density at radius 2 is 1.96 bits per heavy atom. The highest BCUT2D eigenvalue weighted by atomic mass is 19.3. The minimum absolute atomic E-state index is 0.0392. The molecule has 9 heteroatoms. The van der Waals surface area contributed by atoms with E-state index in [1.807, 2.05) is 0 Å². The normalized spacial score (nSPS) is 23.4. The summed E-state index contributed by atoms with van der Waals surface area (Å²) in [6.07, 6.45) is 0. The molecule has 1 unspecified atom stereocenters. The van der Waals surface area contributed by atoms with Crippen LogP contribution in [0.3, 0.4) is 0 Å². The highest BCUT2D eigenvalue weighted by Crippen LogP contribution is 2.34. The van der Waals surface area contributed by atoms with Crippen molar-refractivity contribution < 1.29 is 32.3 Å². The molecule has 1 heterocycles. The van der Waals surface area contributed by atoms with Gasteiger partial charge in [0.15, 0.2) is 6.79 Å². The van der Waals surface area contributed by atoms with Crippen LogP contribution >= 0.6 is 0 Å². The summed E-state index contributed by atoms with van der Waals surface area (Å²) >= 11 is 0. The largest absolute Gasteiger partial charge is 0.499 e. The van der Waals surface area contributed by atoms with Gasteiger partial charge in [-0.25, -0.2) is 0 Å². The fourth-order valence-corrected chi connectivity index (χ4v) is 2.03. The van der Waals surface area contributed by atoms with Crippen molar-refractivity contribution in [2.24, 2.45) is 5.73 Å². The van der Waals surface area contributed by atoms with Crippen molar-refractivity contribution in [1.82, 2.24) is 0 Å². The Morgan fingerprint density at radius 1 is 1.26 bits per heavy atom. The van der Waals surface area contributed by atoms with Crippen molar-refractivity contribution in [1.29, 1.82) is 0 Å². The Balaban J connectivity index is 2.30. The fraction of sp³-hybridized carbons (Fsp3) is 0.571. The van der Waals surface area contributed by atoms with Crippen molar-refractivity contribution in [3.05, 3.63) is 18.2 Å². The van der Waals surface area contributed by atoms with Crippen molar-refractivity contribution >= 4 is 12.6 Å². The minimum atomic E-state index is -2.93. The van der Waals surface area contributed by atoms with Crippen LogP contribution in [0.1, 0.15) is 20.8 Å². The zero-order chi connectivity index (χ0) is 17.3. The maximum absolute atomic E-state index is 12.4. The van der Waals surface area contributed by atoms with Gasteiger partial charge in [0.25, 0.3) is 0 Å². The average molecular weight is 331 g/mol. The summed E-state index contributed by atoms with van der Waals surface area (Å²) in [4.78, 5) is 0. The van der Waals surface area contributed by atoms with Gasteiger partial charge in [0.1, 0.15) is 17.2 Å². The van der Waals surface area contributed by atoms with Gasteiger partial charge in [-0.15, -0.1) is 0 Å². The monoisotopic (exact) mass is 331 g/mol. The van der Waals surface area contributed by atoms with Gasteiger partial charge in [-0.05, 0) is 26.8 Å². The maximum atomic E-state index is 12.4. The molecule has 128 valence electrons. The molecule has 1 aliphatic rings. The lowest BCUT2D eigenvalue weighted by atomic mass is 9.78. The second-order valence-corrected chi connectivity index (χ2v) is 5.81. The van der Waals surface area contributed by atoms with Crippen LogP contribution in [0, 0.1) is 0 Å². The zero-order valence-electron chi connectivity index (χ0n) is 13.5. The fourth-order valence-electron chi connectivity index (χ4n) is 2.03. The Kier molecular flexibility index (Phi) is 5.15. The Morgan fingerprint density at radius 3 is 2.48 bits per heavy atom. The van der Waals surface area contributed by atoms with Crippen LogP contribution in [0.5, 0.6) is 11.5 Å². The van der Waals surface area contributed by atoms with Gasteiger partial charge >= 0.3 is 13.7 Å². The molecular weight excluding hydrogens is 311 g/mol. The highest BCUT2D eigenvalue weighted by Gasteiger charge is 2.53. The van der Waals surface area contributed by atoms with Crippen molar-refractivity contribution in [2.45, 2.75) is 38.7 Å². The number of benzene rings is 1. The Labute approximate surface area is 133 Å². The summed E-state index contributed by atoms with van der Waals surface area (Å²) in [5.74, 6) is 0.214. The first-order valence-electron chi connectivity index (χ1n) is 7.01. The third kappa shape index (κ3) is 3.92. The summed E-state index contributed by atoms with van der Waals surface area (Å²) in [7, 11) is 0.648. The van der Waals surface area contributed by atoms with Crippen LogP contribution in [0.2, 0.25) is 0 Å². The number of halogens is 2. The smallest absolute Gasteiger partial charge is 0.468 e. The van der Waals surface area contributed by atoms with Gasteiger partial charge in [-0.1, -0.05) is 6.07 Å². The average Bonchev–Trinajstić information content (AvgIpc) is 2.64. The van der Waals surface area contributed by atoms with E-state index in [0.29, 0.717) is 5.46 Å². The standard InChI is InChI=1S/C14H20BF2NO5/c1-13(2)14(3,18)23-15(22-13)10-6-5-9(21-12(16)17)7-11(10)20-8-19-4/h5-7,12H,8,18H2,1-4H3. The number of hydrogen-bond acceptors (Lipinski definition) is 6. The molecule has 0 aliphatic carbocycles. The van der Waals surface area contributed by atoms with Crippen molar-refractivity contribution in [3.63, 3.8) is 0 Å². The molecule has 6 nitrogen and oxygen atoms in total. The summed E-state index contributed by atoms with van der Waals surface area (Å²) in [6.45, 7) is 2.31. The SMILES string of the molecule is COCOc1cc(OC(F)F)ccc1B1OC(C)(C)C(C)(N)O1. The first-order chi connectivity index (χ1) is 10.7. The van der Waals surface area contributed by atoms with E-state index >= 15 is 0 Å². The minimum Gasteiger partial charge on any atom is -0.468 e. The number of alkyl halides is 2. The lowest BCUT2D eigenvalue weighted by Crippen LogP contribution is -2.52. The molecule has 1 aromatic rings. The number of hydrogen-bond donors (Lipinski definition) is 1. The molecular formula is C14H20BF2NO5. The summed E-state index contributed by atoms with van der Waals surface area (Å²) in [6, 6.07) is 4.24. The molecule has 2 rings (SSSR count). The molecule has 1 aromatic carbocycles. The van der Waals surface area contributed by atoms with Crippen LogP contribution in [0.25, 0.3) is 0 Å². The lowest BCUT2D eigenvalue weighted by Gasteiger charge is -2.31. The van der Waals surface area contributed by atoms with Gasteiger partial charge in [-0.2, -0.15) is 8.78 Å². The van der Waals surface area contributed by atoms with E-state index in [4.69, 9.17) is 24.5 Å². The van der Waals surface area contributed by atoms with Gasteiger partial charge in [0.2, 0.25) is 0 Å². The highest BCUT2D eigenvalue weighted by molar-refractivity contribution is 6.63. The molecule has 0 radical (unpaired) electrons. The number of methoxy groups -OCH3 is 1. The van der Waals surface area contributed by atoms with Crippen LogP contribution in [0.15, 0.2) is 18.2 Å². The lowest BCUT2D eigenvalue weighted by molar-refractivity contribution is -0.0500. The zero-order valence-corrected chi connectivity index (χ0v) is 13.5.